The van der Waals surface area contributed by atoms with E-state index in [0.717, 1.165) is 15.7 Å². The molecule has 0 aliphatic rings. The molecule has 0 bridgehead atoms. The number of nitrogens with zero attached hydrogens (tertiary/aromatic N) is 4. The number of hydrogen-bond acceptors (Lipinski definition) is 4. The van der Waals surface area contributed by atoms with Crippen LogP contribution in [0.2, 0.25) is 0 Å². The van der Waals surface area contributed by atoms with E-state index in [1.807, 2.05) is 30.3 Å². The molecule has 0 aliphatic heterocycles. The van der Waals surface area contributed by atoms with Crippen molar-refractivity contribution in [2.45, 2.75) is 26.4 Å². The van der Waals surface area contributed by atoms with E-state index >= 15 is 0 Å². The molecule has 1 aromatic heterocycles. The van der Waals surface area contributed by atoms with Crippen LogP contribution in [0.15, 0.2) is 29.0 Å². The molecule has 0 fully saturated rings. The summed E-state index contributed by atoms with van der Waals surface area (Å²) >= 11 is 3.46. The highest BCUT2D eigenvalue weighted by atomic mass is 79.9. The van der Waals surface area contributed by atoms with Crippen molar-refractivity contribution in [1.82, 2.24) is 14.9 Å². The molecule has 1 heterocycles. The molecular formula is C15H14BrN5. The molecule has 0 spiro atoms. The summed E-state index contributed by atoms with van der Waals surface area (Å²) in [7, 11) is 0. The first-order valence-corrected chi connectivity index (χ1v) is 7.25. The lowest BCUT2D eigenvalue weighted by Gasteiger charge is -2.14. The molecule has 2 aromatic rings. The van der Waals surface area contributed by atoms with E-state index in [2.05, 4.69) is 40.1 Å². The Morgan fingerprint density at radius 2 is 2.10 bits per heavy atom. The van der Waals surface area contributed by atoms with Crippen LogP contribution in [-0.4, -0.2) is 15.6 Å². The summed E-state index contributed by atoms with van der Waals surface area (Å²) in [6.07, 6.45) is 1.51. The lowest BCUT2D eigenvalue weighted by Crippen LogP contribution is -2.22. The Labute approximate surface area is 132 Å². The summed E-state index contributed by atoms with van der Waals surface area (Å²) in [6.45, 7) is 4.81. The molecule has 0 unspecified atom stereocenters. The monoisotopic (exact) mass is 343 g/mol. The minimum atomic E-state index is 0.142. The van der Waals surface area contributed by atoms with Gasteiger partial charge in [0, 0.05) is 17.1 Å². The van der Waals surface area contributed by atoms with Gasteiger partial charge in [0.05, 0.1) is 5.69 Å². The van der Waals surface area contributed by atoms with E-state index < -0.39 is 0 Å². The highest BCUT2D eigenvalue weighted by Crippen LogP contribution is 2.22. The molecule has 2 rings (SSSR count). The van der Waals surface area contributed by atoms with E-state index in [0.29, 0.717) is 12.6 Å². The third-order valence-corrected chi connectivity index (χ3v) is 3.47. The van der Waals surface area contributed by atoms with Gasteiger partial charge in [-0.2, -0.15) is 10.5 Å². The van der Waals surface area contributed by atoms with Crippen LogP contribution < -0.4 is 5.32 Å². The van der Waals surface area contributed by atoms with Gasteiger partial charge in [0.15, 0.2) is 11.4 Å². The predicted molar refractivity (Wildman–Crippen MR) is 82.7 cm³/mol. The van der Waals surface area contributed by atoms with Crippen LogP contribution in [0, 0.1) is 22.7 Å². The van der Waals surface area contributed by atoms with Gasteiger partial charge in [0.25, 0.3) is 0 Å². The third-order valence-electron chi connectivity index (χ3n) is 2.98. The Morgan fingerprint density at radius 1 is 1.33 bits per heavy atom. The number of nitriles is 2. The van der Waals surface area contributed by atoms with Crippen LogP contribution in [0.5, 0.6) is 0 Å². The van der Waals surface area contributed by atoms with Gasteiger partial charge in [-0.15, -0.1) is 0 Å². The van der Waals surface area contributed by atoms with Crippen LogP contribution in [0.25, 0.3) is 5.69 Å². The third kappa shape index (κ3) is 3.30. The summed E-state index contributed by atoms with van der Waals surface area (Å²) < 4.78 is 2.62. The largest absolute Gasteiger partial charge is 0.310 e. The van der Waals surface area contributed by atoms with E-state index in [1.54, 1.807) is 4.57 Å². The van der Waals surface area contributed by atoms with Crippen LogP contribution in [-0.2, 0) is 6.54 Å². The molecule has 1 N–H and O–H groups in total. The van der Waals surface area contributed by atoms with Crippen LogP contribution >= 0.6 is 15.9 Å². The zero-order valence-corrected chi connectivity index (χ0v) is 13.3. The zero-order valence-electron chi connectivity index (χ0n) is 11.8. The Balaban J connectivity index is 2.52. The minimum Gasteiger partial charge on any atom is -0.310 e. The van der Waals surface area contributed by atoms with Crippen molar-refractivity contribution in [3.63, 3.8) is 0 Å². The first-order chi connectivity index (χ1) is 10.1. The van der Waals surface area contributed by atoms with Gasteiger partial charge < -0.3 is 5.32 Å². The van der Waals surface area contributed by atoms with Crippen LogP contribution in [0.3, 0.4) is 0 Å². The fourth-order valence-electron chi connectivity index (χ4n) is 1.96. The molecule has 1 aromatic carbocycles. The second-order valence-electron chi connectivity index (χ2n) is 4.84. The van der Waals surface area contributed by atoms with Crippen molar-refractivity contribution >= 4 is 15.9 Å². The van der Waals surface area contributed by atoms with Gasteiger partial charge in [-0.05, 0) is 23.8 Å². The van der Waals surface area contributed by atoms with Gasteiger partial charge in [0.1, 0.15) is 18.5 Å². The SMILES string of the molecule is CC(C)NCc1cc(Br)ccc1-n1cnc(C#N)c1C#N. The Bertz CT molecular complexity index is 733. The average molecular weight is 344 g/mol. The number of halogens is 1. The van der Waals surface area contributed by atoms with Crippen molar-refractivity contribution in [2.75, 3.05) is 0 Å². The standard InChI is InChI=1S/C15H14BrN5/c1-10(2)19-8-11-5-12(16)3-4-14(11)21-9-20-13(6-17)15(21)7-18/h3-5,9-10,19H,8H2,1-2H3. The second kappa shape index (κ2) is 6.53. The lowest BCUT2D eigenvalue weighted by atomic mass is 10.1. The van der Waals surface area contributed by atoms with Gasteiger partial charge in [-0.3, -0.25) is 4.57 Å². The van der Waals surface area contributed by atoms with Crippen molar-refractivity contribution in [3.05, 3.63) is 46.0 Å². The highest BCUT2D eigenvalue weighted by Gasteiger charge is 2.14. The van der Waals surface area contributed by atoms with E-state index in [9.17, 15) is 5.26 Å². The Hall–Kier alpha value is -2.15. The van der Waals surface area contributed by atoms with Gasteiger partial charge in [-0.1, -0.05) is 29.8 Å². The smallest absolute Gasteiger partial charge is 0.177 e. The summed E-state index contributed by atoms with van der Waals surface area (Å²) in [5.74, 6) is 0. The lowest BCUT2D eigenvalue weighted by molar-refractivity contribution is 0.587. The average Bonchev–Trinajstić information content (AvgIpc) is 2.87. The number of nitrogens with one attached hydrogen (secondary N) is 1. The fourth-order valence-corrected chi connectivity index (χ4v) is 2.37. The number of hydrogen-bond donors (Lipinski definition) is 1. The van der Waals surface area contributed by atoms with Gasteiger partial charge in [0.2, 0.25) is 0 Å². The van der Waals surface area contributed by atoms with Crippen LogP contribution in [0.4, 0.5) is 0 Å². The maximum Gasteiger partial charge on any atom is 0.177 e. The molecular weight excluding hydrogens is 330 g/mol. The molecule has 5 nitrogen and oxygen atoms in total. The zero-order chi connectivity index (χ0) is 15.4. The van der Waals surface area contributed by atoms with Gasteiger partial charge in [-0.25, -0.2) is 4.98 Å². The predicted octanol–water partition coefficient (Wildman–Crippen LogP) is 2.88. The summed E-state index contributed by atoms with van der Waals surface area (Å²) in [5, 5.41) is 21.6. The first kappa shape index (κ1) is 15.2. The molecule has 6 heteroatoms. The Kier molecular flexibility index (Phi) is 4.74. The van der Waals surface area contributed by atoms with Crippen molar-refractivity contribution < 1.29 is 0 Å². The summed E-state index contributed by atoms with van der Waals surface area (Å²) in [6, 6.07) is 10.1. The molecule has 0 saturated carbocycles. The molecule has 0 aliphatic carbocycles. The fraction of sp³-hybridized carbons (Fsp3) is 0.267. The maximum absolute atomic E-state index is 9.26. The van der Waals surface area contributed by atoms with Crippen molar-refractivity contribution in [2.24, 2.45) is 0 Å². The van der Waals surface area contributed by atoms with E-state index in [4.69, 9.17) is 5.26 Å². The highest BCUT2D eigenvalue weighted by molar-refractivity contribution is 9.10. The minimum absolute atomic E-state index is 0.142. The summed E-state index contributed by atoms with van der Waals surface area (Å²) in [4.78, 5) is 3.99. The molecule has 21 heavy (non-hydrogen) atoms. The number of imidazole rings is 1. The first-order valence-electron chi connectivity index (χ1n) is 6.46. The number of aromatic nitrogens is 2. The molecule has 106 valence electrons. The molecule has 0 atom stereocenters. The quantitative estimate of drug-likeness (QED) is 0.925. The van der Waals surface area contributed by atoms with Crippen molar-refractivity contribution in [1.29, 1.82) is 10.5 Å². The second-order valence-corrected chi connectivity index (χ2v) is 5.76. The van der Waals surface area contributed by atoms with Gasteiger partial charge >= 0.3 is 0 Å². The Morgan fingerprint density at radius 3 is 2.71 bits per heavy atom. The number of benzene rings is 1. The molecule has 0 amide bonds. The normalized spacial score (nSPS) is 10.4. The number of rotatable bonds is 4. The van der Waals surface area contributed by atoms with E-state index in [-0.39, 0.29) is 11.4 Å². The summed E-state index contributed by atoms with van der Waals surface area (Å²) in [5.41, 5.74) is 2.27. The maximum atomic E-state index is 9.26. The van der Waals surface area contributed by atoms with Crippen LogP contribution in [0.1, 0.15) is 30.8 Å². The van der Waals surface area contributed by atoms with E-state index in [1.165, 1.54) is 6.33 Å². The topological polar surface area (TPSA) is 77.4 Å². The molecule has 0 saturated heterocycles. The molecule has 0 radical (unpaired) electrons. The van der Waals surface area contributed by atoms with Crippen molar-refractivity contribution in [3.8, 4) is 17.8 Å².